The molecule has 0 aliphatic carbocycles. The third-order valence-corrected chi connectivity index (χ3v) is 4.77. The maximum Gasteiger partial charge on any atom is 0.257 e. The summed E-state index contributed by atoms with van der Waals surface area (Å²) in [6.07, 6.45) is 1.70. The Morgan fingerprint density at radius 2 is 2.12 bits per heavy atom. The summed E-state index contributed by atoms with van der Waals surface area (Å²) in [7, 11) is 0. The number of nitrogens with zero attached hydrogens (tertiary/aromatic N) is 1. The molecule has 1 aromatic heterocycles. The van der Waals surface area contributed by atoms with Crippen LogP contribution in [0.2, 0.25) is 0 Å². The van der Waals surface area contributed by atoms with Crippen LogP contribution in [0.5, 0.6) is 0 Å². The maximum absolute atomic E-state index is 12.4. The average Bonchev–Trinajstić information content (AvgIpc) is 2.83. The quantitative estimate of drug-likeness (QED) is 0.764. The molecular weight excluding hydrogens is 236 g/mol. The van der Waals surface area contributed by atoms with E-state index in [0.717, 1.165) is 28.3 Å². The molecule has 0 saturated carbocycles. The molecule has 1 N–H and O–H groups in total. The Morgan fingerprint density at radius 1 is 1.35 bits per heavy atom. The van der Waals surface area contributed by atoms with Gasteiger partial charge in [-0.25, -0.2) is 0 Å². The Labute approximate surface area is 104 Å². The molecule has 3 rings (SSSR count). The van der Waals surface area contributed by atoms with Gasteiger partial charge < -0.3 is 10.2 Å². The van der Waals surface area contributed by atoms with E-state index in [2.05, 4.69) is 5.32 Å². The number of hydrogen-bond donors (Lipinski definition) is 1. The number of thiophene rings is 1. The van der Waals surface area contributed by atoms with Crippen LogP contribution in [-0.2, 0) is 4.79 Å². The van der Waals surface area contributed by atoms with Crippen molar-refractivity contribution in [3.05, 3.63) is 16.0 Å². The summed E-state index contributed by atoms with van der Waals surface area (Å²) in [4.78, 5) is 27.3. The van der Waals surface area contributed by atoms with E-state index in [0.29, 0.717) is 12.1 Å². The third kappa shape index (κ3) is 1.42. The van der Waals surface area contributed by atoms with Crippen molar-refractivity contribution in [2.75, 3.05) is 11.9 Å². The van der Waals surface area contributed by atoms with Crippen LogP contribution < -0.4 is 5.32 Å². The second-order valence-corrected chi connectivity index (χ2v) is 5.86. The molecule has 90 valence electrons. The lowest BCUT2D eigenvalue weighted by molar-refractivity contribution is -0.119. The Morgan fingerprint density at radius 3 is 2.88 bits per heavy atom. The number of carbonyl (C=O) groups excluding carboxylic acids is 2. The SMILES string of the molecule is Cc1sc2c(c1C)C(=O)N1CCC[C@@H]1C(=O)N2. The van der Waals surface area contributed by atoms with Gasteiger partial charge in [-0.3, -0.25) is 9.59 Å². The van der Waals surface area contributed by atoms with E-state index < -0.39 is 0 Å². The minimum atomic E-state index is -0.262. The normalized spacial score (nSPS) is 23.2. The molecule has 0 unspecified atom stereocenters. The fourth-order valence-corrected chi connectivity index (χ4v) is 3.65. The molecule has 5 heteroatoms. The molecule has 0 radical (unpaired) electrons. The third-order valence-electron chi connectivity index (χ3n) is 3.65. The van der Waals surface area contributed by atoms with Crippen molar-refractivity contribution in [3.8, 4) is 0 Å². The van der Waals surface area contributed by atoms with Crippen LogP contribution in [0.1, 0.15) is 33.6 Å². The Bertz CT molecular complexity index is 521. The fraction of sp³-hybridized carbons (Fsp3) is 0.500. The molecule has 2 aliphatic heterocycles. The molecule has 2 amide bonds. The van der Waals surface area contributed by atoms with Gasteiger partial charge in [0.25, 0.3) is 5.91 Å². The number of aryl methyl sites for hydroxylation is 1. The zero-order valence-electron chi connectivity index (χ0n) is 9.87. The molecule has 0 bridgehead atoms. The fourth-order valence-electron chi connectivity index (χ4n) is 2.59. The minimum absolute atomic E-state index is 0.0164. The molecule has 1 aromatic rings. The summed E-state index contributed by atoms with van der Waals surface area (Å²) in [5, 5.41) is 3.63. The zero-order valence-corrected chi connectivity index (χ0v) is 10.7. The van der Waals surface area contributed by atoms with Gasteiger partial charge in [0.15, 0.2) is 0 Å². The predicted octanol–water partition coefficient (Wildman–Crippen LogP) is 1.92. The van der Waals surface area contributed by atoms with Gasteiger partial charge in [0.2, 0.25) is 5.91 Å². The highest BCUT2D eigenvalue weighted by atomic mass is 32.1. The smallest absolute Gasteiger partial charge is 0.257 e. The predicted molar refractivity (Wildman–Crippen MR) is 66.5 cm³/mol. The summed E-state index contributed by atoms with van der Waals surface area (Å²) >= 11 is 1.50. The molecule has 1 fully saturated rings. The van der Waals surface area contributed by atoms with Crippen molar-refractivity contribution in [2.45, 2.75) is 32.7 Å². The van der Waals surface area contributed by atoms with E-state index >= 15 is 0 Å². The number of nitrogens with one attached hydrogen (secondary N) is 1. The van der Waals surface area contributed by atoms with E-state index in [1.54, 1.807) is 4.90 Å². The second-order valence-electron chi connectivity index (χ2n) is 4.63. The van der Waals surface area contributed by atoms with Gasteiger partial charge in [-0.1, -0.05) is 0 Å². The van der Waals surface area contributed by atoms with Gasteiger partial charge in [0.1, 0.15) is 11.0 Å². The lowest BCUT2D eigenvalue weighted by Gasteiger charge is -2.20. The van der Waals surface area contributed by atoms with Gasteiger partial charge in [-0.2, -0.15) is 0 Å². The number of rotatable bonds is 0. The van der Waals surface area contributed by atoms with Crippen LogP contribution in [0.3, 0.4) is 0 Å². The molecule has 0 spiro atoms. The van der Waals surface area contributed by atoms with Crippen molar-refractivity contribution < 1.29 is 9.59 Å². The average molecular weight is 250 g/mol. The number of anilines is 1. The van der Waals surface area contributed by atoms with Gasteiger partial charge >= 0.3 is 0 Å². The number of hydrogen-bond acceptors (Lipinski definition) is 3. The molecule has 3 heterocycles. The van der Waals surface area contributed by atoms with Crippen molar-refractivity contribution >= 4 is 28.2 Å². The largest absolute Gasteiger partial charge is 0.327 e. The monoisotopic (exact) mass is 250 g/mol. The summed E-state index contributed by atoms with van der Waals surface area (Å²) in [6.45, 7) is 4.63. The van der Waals surface area contributed by atoms with Crippen LogP contribution in [0, 0.1) is 13.8 Å². The standard InChI is InChI=1S/C12H14N2O2S/c1-6-7(2)17-11-9(6)12(16)14-5-3-4-8(14)10(15)13-11/h8H,3-5H2,1-2H3,(H,13,15)/t8-/m1/s1. The van der Waals surface area contributed by atoms with E-state index in [1.165, 1.54) is 11.3 Å². The first-order valence-corrected chi connectivity index (χ1v) is 6.63. The molecule has 0 aromatic carbocycles. The molecule has 4 nitrogen and oxygen atoms in total. The van der Waals surface area contributed by atoms with Gasteiger partial charge in [-0.05, 0) is 32.3 Å². The second kappa shape index (κ2) is 3.57. The first kappa shape index (κ1) is 10.8. The summed E-state index contributed by atoms with van der Waals surface area (Å²) < 4.78 is 0. The highest BCUT2D eigenvalue weighted by Crippen LogP contribution is 2.37. The van der Waals surface area contributed by atoms with Crippen molar-refractivity contribution in [1.29, 1.82) is 0 Å². The first-order valence-electron chi connectivity index (χ1n) is 5.81. The van der Waals surface area contributed by atoms with Crippen molar-refractivity contribution in [3.63, 3.8) is 0 Å². The van der Waals surface area contributed by atoms with Crippen molar-refractivity contribution in [2.24, 2.45) is 0 Å². The van der Waals surface area contributed by atoms with Crippen molar-refractivity contribution in [1.82, 2.24) is 4.90 Å². The number of amides is 2. The van der Waals surface area contributed by atoms with E-state index in [4.69, 9.17) is 0 Å². The maximum atomic E-state index is 12.4. The van der Waals surface area contributed by atoms with Crippen LogP contribution >= 0.6 is 11.3 Å². The van der Waals surface area contributed by atoms with Crippen LogP contribution in [-0.4, -0.2) is 29.3 Å². The lowest BCUT2D eigenvalue weighted by Crippen LogP contribution is -2.40. The number of carbonyl (C=O) groups is 2. The molecule has 1 atom stereocenters. The summed E-state index contributed by atoms with van der Waals surface area (Å²) in [5.41, 5.74) is 1.70. The van der Waals surface area contributed by atoms with Gasteiger partial charge in [-0.15, -0.1) is 11.3 Å². The van der Waals surface area contributed by atoms with E-state index in [1.807, 2.05) is 13.8 Å². The molecule has 1 saturated heterocycles. The molecule has 17 heavy (non-hydrogen) atoms. The van der Waals surface area contributed by atoms with Crippen LogP contribution in [0.15, 0.2) is 0 Å². The topological polar surface area (TPSA) is 49.4 Å². The summed E-state index contributed by atoms with van der Waals surface area (Å²) in [6, 6.07) is -0.262. The molecule has 2 aliphatic rings. The minimum Gasteiger partial charge on any atom is -0.327 e. The summed E-state index contributed by atoms with van der Waals surface area (Å²) in [5.74, 6) is -0.0152. The Kier molecular flexibility index (Phi) is 2.26. The van der Waals surface area contributed by atoms with E-state index in [-0.39, 0.29) is 17.9 Å². The Balaban J connectivity index is 2.15. The highest BCUT2D eigenvalue weighted by Gasteiger charge is 2.39. The molecular formula is C12H14N2O2S. The highest BCUT2D eigenvalue weighted by molar-refractivity contribution is 7.16. The lowest BCUT2D eigenvalue weighted by atomic mass is 10.1. The van der Waals surface area contributed by atoms with E-state index in [9.17, 15) is 9.59 Å². The Hall–Kier alpha value is -1.36. The van der Waals surface area contributed by atoms with Gasteiger partial charge in [0, 0.05) is 11.4 Å². The first-order chi connectivity index (χ1) is 8.09. The van der Waals surface area contributed by atoms with Crippen LogP contribution in [0.4, 0.5) is 5.00 Å². The van der Waals surface area contributed by atoms with Crippen LogP contribution in [0.25, 0.3) is 0 Å². The number of fused-ring (bicyclic) bond motifs is 2. The zero-order chi connectivity index (χ0) is 12.2. The van der Waals surface area contributed by atoms with Gasteiger partial charge in [0.05, 0.1) is 5.56 Å².